The first-order chi connectivity index (χ1) is 6.79. The third kappa shape index (κ3) is 13.3. The molecule has 7 nitrogen and oxygen atoms in total. The molecule has 1 aliphatic carbocycles. The molecule has 1 saturated carbocycles. The maximum atomic E-state index is 8.82. The molecule has 0 spiro atoms. The molecule has 0 amide bonds. The Morgan fingerprint density at radius 2 is 1.53 bits per heavy atom. The number of hydrogen-bond donors (Lipinski definition) is 4. The predicted octanol–water partition coefficient (Wildman–Crippen LogP) is -0.762. The van der Waals surface area contributed by atoms with E-state index in [1.807, 2.05) is 0 Å². The Balaban J connectivity index is 0.000000336. The van der Waals surface area contributed by atoms with Crippen LogP contribution in [0.1, 0.15) is 32.1 Å². The Morgan fingerprint density at radius 3 is 1.87 bits per heavy atom. The zero-order chi connectivity index (χ0) is 11.9. The minimum atomic E-state index is -5.25. The molecule has 0 unspecified atom stereocenters. The summed E-state index contributed by atoms with van der Waals surface area (Å²) < 4.78 is 31.9. The quantitative estimate of drug-likeness (QED) is 0.360. The first-order valence-electron chi connectivity index (χ1n) is 4.57. The molecule has 6 N–H and O–H groups in total. The van der Waals surface area contributed by atoms with Crippen molar-refractivity contribution in [1.82, 2.24) is 0 Å². The van der Waals surface area contributed by atoms with Crippen LogP contribution in [-0.4, -0.2) is 20.3 Å². The minimum absolute atomic E-state index is 0.243. The molecule has 0 atom stereocenters. The third-order valence-corrected chi connectivity index (χ3v) is 1.91. The van der Waals surface area contributed by atoms with Crippen LogP contribution in [0, 0.1) is 0 Å². The van der Waals surface area contributed by atoms with Gasteiger partial charge in [-0.25, -0.2) is 0 Å². The van der Waals surface area contributed by atoms with Gasteiger partial charge in [0.1, 0.15) is 0 Å². The van der Waals surface area contributed by atoms with Crippen molar-refractivity contribution >= 4 is 5.96 Å². The van der Waals surface area contributed by atoms with Gasteiger partial charge in [-0.05, 0) is 12.8 Å². The fraction of sp³-hybridized carbons (Fsp3) is 0.857. The van der Waals surface area contributed by atoms with Gasteiger partial charge in [0, 0.05) is 0 Å². The van der Waals surface area contributed by atoms with E-state index in [0.29, 0.717) is 6.04 Å². The van der Waals surface area contributed by atoms with Crippen LogP contribution in [0.3, 0.4) is 0 Å². The van der Waals surface area contributed by atoms with Crippen molar-refractivity contribution in [3.05, 3.63) is 0 Å². The Morgan fingerprint density at radius 1 is 1.13 bits per heavy atom. The SMILES string of the molecule is NC(N)=NC1CCCCC1.[O]=[Cr](=[O])([OH])[OH]. The number of hydrogen-bond acceptors (Lipinski definition) is 3. The number of guanidine groups is 1. The van der Waals surface area contributed by atoms with Crippen LogP contribution >= 0.6 is 0 Å². The van der Waals surface area contributed by atoms with Crippen molar-refractivity contribution in [3.8, 4) is 0 Å². The van der Waals surface area contributed by atoms with Gasteiger partial charge in [0.25, 0.3) is 0 Å². The fourth-order valence-electron chi connectivity index (χ4n) is 1.42. The van der Waals surface area contributed by atoms with Gasteiger partial charge in [0.2, 0.25) is 0 Å². The summed E-state index contributed by atoms with van der Waals surface area (Å²) in [6, 6.07) is 0.416. The molecular weight excluding hydrogens is 242 g/mol. The third-order valence-electron chi connectivity index (χ3n) is 1.91. The van der Waals surface area contributed by atoms with E-state index >= 15 is 0 Å². The van der Waals surface area contributed by atoms with E-state index < -0.39 is 13.6 Å². The number of aliphatic imine (C=N–C) groups is 1. The molecule has 0 radical (unpaired) electrons. The normalized spacial score (nSPS) is 17.5. The second kappa shape index (κ2) is 6.74. The summed E-state index contributed by atoms with van der Waals surface area (Å²) in [6.07, 6.45) is 6.23. The van der Waals surface area contributed by atoms with E-state index in [1.165, 1.54) is 19.3 Å². The molecule has 0 heterocycles. The molecule has 1 fully saturated rings. The van der Waals surface area contributed by atoms with Crippen molar-refractivity contribution in [2.45, 2.75) is 38.1 Å². The summed E-state index contributed by atoms with van der Waals surface area (Å²) in [5, 5.41) is 0. The van der Waals surface area contributed by atoms with Crippen molar-refractivity contribution in [3.63, 3.8) is 0 Å². The van der Waals surface area contributed by atoms with Crippen LogP contribution in [0.2, 0.25) is 0 Å². The molecule has 15 heavy (non-hydrogen) atoms. The first kappa shape index (κ1) is 14.3. The molecule has 0 aromatic rings. The fourth-order valence-corrected chi connectivity index (χ4v) is 1.42. The zero-order valence-corrected chi connectivity index (χ0v) is 9.61. The van der Waals surface area contributed by atoms with Crippen LogP contribution < -0.4 is 11.5 Å². The van der Waals surface area contributed by atoms with E-state index in [-0.39, 0.29) is 5.96 Å². The van der Waals surface area contributed by atoms with Crippen molar-refractivity contribution in [2.75, 3.05) is 0 Å². The van der Waals surface area contributed by atoms with Crippen LogP contribution in [0.25, 0.3) is 0 Å². The predicted molar refractivity (Wildman–Crippen MR) is 48.5 cm³/mol. The summed E-state index contributed by atoms with van der Waals surface area (Å²) in [6.45, 7) is 0. The van der Waals surface area contributed by atoms with E-state index in [0.717, 1.165) is 12.8 Å². The summed E-state index contributed by atoms with van der Waals surface area (Å²) in [5.41, 5.74) is 10.5. The van der Waals surface area contributed by atoms with Crippen LogP contribution in [0.15, 0.2) is 4.99 Å². The summed E-state index contributed by atoms with van der Waals surface area (Å²) in [4.78, 5) is 4.11. The van der Waals surface area contributed by atoms with E-state index in [9.17, 15) is 0 Å². The Hall–Kier alpha value is -0.678. The molecule has 8 heteroatoms. The number of rotatable bonds is 1. The molecule has 0 aromatic carbocycles. The van der Waals surface area contributed by atoms with Crippen LogP contribution in [0.4, 0.5) is 0 Å². The summed E-state index contributed by atoms with van der Waals surface area (Å²) >= 11 is -5.25. The summed E-state index contributed by atoms with van der Waals surface area (Å²) in [5.74, 6) is 0.243. The molecule has 90 valence electrons. The van der Waals surface area contributed by atoms with Crippen molar-refractivity contribution in [2.24, 2.45) is 16.5 Å². The first-order valence-corrected chi connectivity index (χ1v) is 6.76. The molecular formula is C7H17CrN3O4. The van der Waals surface area contributed by atoms with Gasteiger partial charge in [0.05, 0.1) is 6.04 Å². The van der Waals surface area contributed by atoms with Crippen LogP contribution in [0.5, 0.6) is 0 Å². The van der Waals surface area contributed by atoms with E-state index in [4.69, 9.17) is 27.4 Å². The second-order valence-electron chi connectivity index (χ2n) is 3.29. The standard InChI is InChI=1S/C7H15N3.Cr.2H2O.2O/c8-7(9)10-6-4-2-1-3-5-6;;;;;/h6H,1-5H2,(H4,8,9,10);;2*1H2;;/q;+2;;;;/p-2. The Kier molecular flexibility index (Phi) is 6.44. The number of nitrogens with zero attached hydrogens (tertiary/aromatic N) is 1. The van der Waals surface area contributed by atoms with Crippen molar-refractivity contribution in [1.29, 1.82) is 0 Å². The van der Waals surface area contributed by atoms with E-state index in [2.05, 4.69) is 4.99 Å². The average molecular weight is 259 g/mol. The number of nitrogens with two attached hydrogens (primary N) is 2. The maximum absolute atomic E-state index is 8.82. The second-order valence-corrected chi connectivity index (χ2v) is 4.69. The Labute approximate surface area is 90.6 Å². The Bertz CT molecular complexity index is 283. The topological polar surface area (TPSA) is 139 Å². The monoisotopic (exact) mass is 259 g/mol. The van der Waals surface area contributed by atoms with Crippen molar-refractivity contribution < 1.29 is 29.5 Å². The van der Waals surface area contributed by atoms with Gasteiger partial charge >= 0.3 is 29.5 Å². The molecule has 0 saturated heterocycles. The molecule has 0 aromatic heterocycles. The van der Waals surface area contributed by atoms with Gasteiger partial charge in [-0.15, -0.1) is 0 Å². The van der Waals surface area contributed by atoms with Gasteiger partial charge < -0.3 is 11.5 Å². The molecule has 0 bridgehead atoms. The van der Waals surface area contributed by atoms with E-state index in [1.54, 1.807) is 0 Å². The van der Waals surface area contributed by atoms with Gasteiger partial charge in [0.15, 0.2) is 5.96 Å². The molecule has 1 rings (SSSR count). The zero-order valence-electron chi connectivity index (χ0n) is 8.33. The van der Waals surface area contributed by atoms with Gasteiger partial charge in [-0.2, -0.15) is 0 Å². The van der Waals surface area contributed by atoms with Gasteiger partial charge in [-0.3, -0.25) is 4.99 Å². The summed E-state index contributed by atoms with van der Waals surface area (Å²) in [7, 11) is 0. The van der Waals surface area contributed by atoms with Gasteiger partial charge in [-0.1, -0.05) is 19.3 Å². The molecule has 0 aliphatic heterocycles. The average Bonchev–Trinajstić information content (AvgIpc) is 2.01. The van der Waals surface area contributed by atoms with Crippen LogP contribution in [-0.2, 0) is 21.2 Å². The molecule has 1 aliphatic rings.